The highest BCUT2D eigenvalue weighted by Crippen LogP contribution is 2.27. The lowest BCUT2D eigenvalue weighted by Crippen LogP contribution is -1.96. The third-order valence-electron chi connectivity index (χ3n) is 1.65. The molecule has 13 heavy (non-hydrogen) atoms. The third kappa shape index (κ3) is 3.57. The Morgan fingerprint density at radius 2 is 2.23 bits per heavy atom. The second kappa shape index (κ2) is 5.51. The van der Waals surface area contributed by atoms with Crippen LogP contribution in [0.2, 0.25) is 5.02 Å². The van der Waals surface area contributed by atoms with Crippen LogP contribution in [0.25, 0.3) is 0 Å². The van der Waals surface area contributed by atoms with E-state index in [-0.39, 0.29) is 0 Å². The van der Waals surface area contributed by atoms with E-state index in [1.165, 1.54) is 0 Å². The van der Waals surface area contributed by atoms with Crippen LogP contribution in [0.1, 0.15) is 19.8 Å². The zero-order valence-corrected chi connectivity index (χ0v) is 9.86. The molecule has 1 aromatic rings. The lowest BCUT2D eigenvalue weighted by Gasteiger charge is -2.07. The summed E-state index contributed by atoms with van der Waals surface area (Å²) in [4.78, 5) is 0. The molecule has 0 fully saturated rings. The van der Waals surface area contributed by atoms with E-state index in [4.69, 9.17) is 16.3 Å². The molecule has 0 saturated carbocycles. The molecule has 0 spiro atoms. The van der Waals surface area contributed by atoms with Crippen LogP contribution in [0.4, 0.5) is 0 Å². The van der Waals surface area contributed by atoms with Gasteiger partial charge in [-0.1, -0.05) is 40.9 Å². The molecule has 0 heterocycles. The number of benzene rings is 1. The monoisotopic (exact) mass is 262 g/mol. The van der Waals surface area contributed by atoms with Gasteiger partial charge in [-0.15, -0.1) is 0 Å². The molecule has 1 nitrogen and oxygen atoms in total. The van der Waals surface area contributed by atoms with Crippen molar-refractivity contribution in [3.05, 3.63) is 27.7 Å². The van der Waals surface area contributed by atoms with Crippen molar-refractivity contribution in [1.29, 1.82) is 0 Å². The molecule has 1 rings (SSSR count). The van der Waals surface area contributed by atoms with Crippen molar-refractivity contribution in [3.8, 4) is 5.75 Å². The van der Waals surface area contributed by atoms with Crippen LogP contribution in [0.5, 0.6) is 5.75 Å². The van der Waals surface area contributed by atoms with E-state index in [9.17, 15) is 0 Å². The van der Waals surface area contributed by atoms with Crippen molar-refractivity contribution < 1.29 is 4.74 Å². The van der Waals surface area contributed by atoms with E-state index in [0.29, 0.717) is 5.02 Å². The first-order chi connectivity index (χ1) is 6.24. The lowest BCUT2D eigenvalue weighted by molar-refractivity contribution is 0.309. The Kier molecular flexibility index (Phi) is 4.60. The van der Waals surface area contributed by atoms with E-state index in [2.05, 4.69) is 22.9 Å². The summed E-state index contributed by atoms with van der Waals surface area (Å²) >= 11 is 9.30. The predicted octanol–water partition coefficient (Wildman–Crippen LogP) is 4.28. The fraction of sp³-hybridized carbons (Fsp3) is 0.400. The Balaban J connectivity index is 2.59. The third-order valence-corrected chi connectivity index (χ3v) is 2.45. The van der Waals surface area contributed by atoms with E-state index in [0.717, 1.165) is 29.7 Å². The molecular formula is C10H12BrClO. The first-order valence-electron chi connectivity index (χ1n) is 4.32. The molecule has 1 aromatic carbocycles. The largest absolute Gasteiger partial charge is 0.492 e. The van der Waals surface area contributed by atoms with Crippen molar-refractivity contribution in [2.45, 2.75) is 19.8 Å². The zero-order chi connectivity index (χ0) is 9.68. The summed E-state index contributed by atoms with van der Waals surface area (Å²) < 4.78 is 6.49. The average Bonchev–Trinajstić information content (AvgIpc) is 2.11. The molecule has 0 aliphatic rings. The van der Waals surface area contributed by atoms with E-state index in [1.54, 1.807) is 0 Å². The van der Waals surface area contributed by atoms with Gasteiger partial charge >= 0.3 is 0 Å². The fourth-order valence-electron chi connectivity index (χ4n) is 0.914. The number of hydrogen-bond acceptors (Lipinski definition) is 1. The normalized spacial score (nSPS) is 10.1. The number of hydrogen-bond donors (Lipinski definition) is 0. The summed E-state index contributed by atoms with van der Waals surface area (Å²) in [6, 6.07) is 5.61. The van der Waals surface area contributed by atoms with E-state index < -0.39 is 0 Å². The van der Waals surface area contributed by atoms with E-state index in [1.807, 2.05) is 18.2 Å². The van der Waals surface area contributed by atoms with Gasteiger partial charge in [-0.3, -0.25) is 0 Å². The van der Waals surface area contributed by atoms with Gasteiger partial charge in [0, 0.05) is 4.47 Å². The van der Waals surface area contributed by atoms with Crippen LogP contribution in [-0.4, -0.2) is 6.61 Å². The summed E-state index contributed by atoms with van der Waals surface area (Å²) in [5, 5.41) is 0.666. The maximum Gasteiger partial charge on any atom is 0.139 e. The summed E-state index contributed by atoms with van der Waals surface area (Å²) in [5.41, 5.74) is 0. The molecule has 0 aliphatic heterocycles. The van der Waals surface area contributed by atoms with Gasteiger partial charge in [-0.25, -0.2) is 0 Å². The smallest absolute Gasteiger partial charge is 0.139 e. The Hall–Kier alpha value is -0.210. The second-order valence-corrected chi connectivity index (χ2v) is 4.10. The maximum atomic E-state index is 5.93. The van der Waals surface area contributed by atoms with Gasteiger partial charge in [0.15, 0.2) is 0 Å². The van der Waals surface area contributed by atoms with Gasteiger partial charge in [-0.05, 0) is 24.6 Å². The lowest BCUT2D eigenvalue weighted by atomic mass is 10.3. The number of unbranched alkanes of at least 4 members (excludes halogenated alkanes) is 1. The Bertz CT molecular complexity index is 276. The summed E-state index contributed by atoms with van der Waals surface area (Å²) in [6.45, 7) is 2.86. The highest BCUT2D eigenvalue weighted by Gasteiger charge is 2.00. The minimum absolute atomic E-state index is 0.666. The van der Waals surface area contributed by atoms with Gasteiger partial charge in [-0.2, -0.15) is 0 Å². The molecule has 0 unspecified atom stereocenters. The Labute approximate surface area is 92.2 Å². The molecule has 0 radical (unpaired) electrons. The summed E-state index contributed by atoms with van der Waals surface area (Å²) in [5.74, 6) is 0.754. The molecule has 0 aromatic heterocycles. The second-order valence-electron chi connectivity index (χ2n) is 2.78. The van der Waals surface area contributed by atoms with Gasteiger partial charge in [0.2, 0.25) is 0 Å². The molecular weight excluding hydrogens is 251 g/mol. The van der Waals surface area contributed by atoms with Crippen molar-refractivity contribution in [3.63, 3.8) is 0 Å². The molecule has 0 amide bonds. The number of halogens is 2. The zero-order valence-electron chi connectivity index (χ0n) is 7.52. The molecule has 0 N–H and O–H groups in total. The highest BCUT2D eigenvalue weighted by atomic mass is 79.9. The minimum atomic E-state index is 0.666. The van der Waals surface area contributed by atoms with Gasteiger partial charge in [0.1, 0.15) is 5.75 Å². The number of rotatable bonds is 4. The topological polar surface area (TPSA) is 9.23 Å². The minimum Gasteiger partial charge on any atom is -0.492 e. The summed E-state index contributed by atoms with van der Waals surface area (Å²) in [7, 11) is 0. The molecule has 72 valence electrons. The van der Waals surface area contributed by atoms with Crippen LogP contribution < -0.4 is 4.74 Å². The van der Waals surface area contributed by atoms with Crippen LogP contribution in [0.3, 0.4) is 0 Å². The maximum absolute atomic E-state index is 5.93. The average molecular weight is 264 g/mol. The van der Waals surface area contributed by atoms with E-state index >= 15 is 0 Å². The van der Waals surface area contributed by atoms with Gasteiger partial charge < -0.3 is 4.74 Å². The molecule has 0 atom stereocenters. The predicted molar refractivity (Wildman–Crippen MR) is 59.6 cm³/mol. The first kappa shape index (κ1) is 10.9. The highest BCUT2D eigenvalue weighted by molar-refractivity contribution is 9.10. The number of ether oxygens (including phenoxy) is 1. The Morgan fingerprint density at radius 1 is 1.46 bits per heavy atom. The first-order valence-corrected chi connectivity index (χ1v) is 5.49. The van der Waals surface area contributed by atoms with Crippen molar-refractivity contribution in [2.75, 3.05) is 6.61 Å². The van der Waals surface area contributed by atoms with Crippen molar-refractivity contribution in [2.24, 2.45) is 0 Å². The SMILES string of the molecule is CCCCOc1cc(Br)ccc1Cl. The van der Waals surface area contributed by atoms with Gasteiger partial charge in [0.05, 0.1) is 11.6 Å². The molecule has 0 saturated heterocycles. The summed E-state index contributed by atoms with van der Waals surface area (Å²) in [6.07, 6.45) is 2.19. The van der Waals surface area contributed by atoms with Gasteiger partial charge in [0.25, 0.3) is 0 Å². The van der Waals surface area contributed by atoms with Crippen LogP contribution >= 0.6 is 27.5 Å². The standard InChI is InChI=1S/C10H12BrClO/c1-2-3-6-13-10-7-8(11)4-5-9(10)12/h4-5,7H,2-3,6H2,1H3. The fourth-order valence-corrected chi connectivity index (χ4v) is 1.43. The Morgan fingerprint density at radius 3 is 2.92 bits per heavy atom. The van der Waals surface area contributed by atoms with Crippen molar-refractivity contribution >= 4 is 27.5 Å². The molecule has 0 aliphatic carbocycles. The van der Waals surface area contributed by atoms with Crippen LogP contribution in [-0.2, 0) is 0 Å². The van der Waals surface area contributed by atoms with Crippen LogP contribution in [0.15, 0.2) is 22.7 Å². The quantitative estimate of drug-likeness (QED) is 0.737. The molecule has 0 bridgehead atoms. The van der Waals surface area contributed by atoms with Crippen LogP contribution in [0, 0.1) is 0 Å². The van der Waals surface area contributed by atoms with Crippen molar-refractivity contribution in [1.82, 2.24) is 0 Å². The molecule has 3 heteroatoms.